The quantitative estimate of drug-likeness (QED) is 0.145. The van der Waals surface area contributed by atoms with Crippen molar-refractivity contribution in [1.82, 2.24) is 10.2 Å². The molecule has 0 bridgehead atoms. The van der Waals surface area contributed by atoms with E-state index in [0.29, 0.717) is 5.69 Å². The molecule has 2 amide bonds. The monoisotopic (exact) mass is 733 g/mol. The van der Waals surface area contributed by atoms with Crippen LogP contribution in [0.3, 0.4) is 0 Å². The number of carbonyl (C=O) groups is 2. The van der Waals surface area contributed by atoms with Crippen LogP contribution in [-0.2, 0) is 32.6 Å². The Morgan fingerprint density at radius 3 is 2.19 bits per heavy atom. The van der Waals surface area contributed by atoms with E-state index in [1.165, 1.54) is 11.8 Å². The van der Waals surface area contributed by atoms with E-state index in [-0.39, 0.29) is 29.8 Å². The van der Waals surface area contributed by atoms with Crippen LogP contribution < -0.4 is 9.62 Å². The van der Waals surface area contributed by atoms with Gasteiger partial charge in [0.15, 0.2) is 0 Å². The van der Waals surface area contributed by atoms with Crippen LogP contribution in [0.25, 0.3) is 0 Å². The van der Waals surface area contributed by atoms with Gasteiger partial charge in [-0.2, -0.15) is 0 Å². The summed E-state index contributed by atoms with van der Waals surface area (Å²) in [6.45, 7) is 1.56. The minimum absolute atomic E-state index is 0.0530. The number of sulfonamides is 1. The van der Waals surface area contributed by atoms with E-state index in [0.717, 1.165) is 56.0 Å². The molecule has 7 nitrogen and oxygen atoms in total. The molecule has 1 N–H and O–H groups in total. The Labute approximate surface area is 290 Å². The highest BCUT2D eigenvalue weighted by molar-refractivity contribution is 9.10. The van der Waals surface area contributed by atoms with Gasteiger partial charge in [0.2, 0.25) is 11.8 Å². The number of aryl methyl sites for hydroxylation is 1. The summed E-state index contributed by atoms with van der Waals surface area (Å²) in [6.07, 6.45) is 6.12. The van der Waals surface area contributed by atoms with Gasteiger partial charge < -0.3 is 10.2 Å². The van der Waals surface area contributed by atoms with Crippen molar-refractivity contribution in [2.24, 2.45) is 0 Å². The van der Waals surface area contributed by atoms with Crippen LogP contribution in [0.2, 0.25) is 0 Å². The van der Waals surface area contributed by atoms with Crippen LogP contribution in [0, 0.1) is 6.92 Å². The maximum Gasteiger partial charge on any atom is 0.264 e. The number of benzene rings is 4. The second-order valence-corrected chi connectivity index (χ2v) is 15.5. The minimum Gasteiger partial charge on any atom is -0.352 e. The second-order valence-electron chi connectivity index (χ2n) is 11.9. The van der Waals surface area contributed by atoms with Crippen molar-refractivity contribution in [2.45, 2.75) is 67.4 Å². The number of halogens is 1. The average Bonchev–Trinajstić information content (AvgIpc) is 3.59. The van der Waals surface area contributed by atoms with Gasteiger partial charge in [0.05, 0.1) is 10.6 Å². The highest BCUT2D eigenvalue weighted by Crippen LogP contribution is 2.27. The number of thioether (sulfide) groups is 1. The Hall–Kier alpha value is -3.60. The van der Waals surface area contributed by atoms with Crippen LogP contribution in [0.1, 0.15) is 42.4 Å². The molecule has 1 atom stereocenters. The summed E-state index contributed by atoms with van der Waals surface area (Å²) in [6, 6.07) is 30.1. The van der Waals surface area contributed by atoms with E-state index >= 15 is 0 Å². The third kappa shape index (κ3) is 9.06. The third-order valence-corrected chi connectivity index (χ3v) is 11.5. The predicted molar refractivity (Wildman–Crippen MR) is 193 cm³/mol. The van der Waals surface area contributed by atoms with Crippen molar-refractivity contribution >= 4 is 55.2 Å². The van der Waals surface area contributed by atoms with Crippen LogP contribution in [0.15, 0.2) is 117 Å². The van der Waals surface area contributed by atoms with Gasteiger partial charge in [-0.25, -0.2) is 8.42 Å². The molecule has 0 unspecified atom stereocenters. The number of rotatable bonds is 13. The lowest BCUT2D eigenvalue weighted by Gasteiger charge is -2.34. The first-order chi connectivity index (χ1) is 22.6. The molecule has 0 saturated heterocycles. The molecule has 0 aliphatic heterocycles. The van der Waals surface area contributed by atoms with Gasteiger partial charge in [-0.3, -0.25) is 13.9 Å². The van der Waals surface area contributed by atoms with Crippen LogP contribution in [0.5, 0.6) is 0 Å². The van der Waals surface area contributed by atoms with Crippen LogP contribution >= 0.6 is 27.7 Å². The summed E-state index contributed by atoms with van der Waals surface area (Å²) in [5, 5.41) is 3.21. The fraction of sp³-hybridized carbons (Fsp3) is 0.297. The first kappa shape index (κ1) is 34.7. The second kappa shape index (κ2) is 16.0. The molecule has 47 heavy (non-hydrogen) atoms. The van der Waals surface area contributed by atoms with Gasteiger partial charge in [0.25, 0.3) is 10.0 Å². The van der Waals surface area contributed by atoms with Gasteiger partial charge in [-0.1, -0.05) is 88.9 Å². The molecule has 4 aromatic rings. The minimum atomic E-state index is -4.16. The zero-order chi connectivity index (χ0) is 33.4. The van der Waals surface area contributed by atoms with Gasteiger partial charge in [-0.05, 0) is 85.7 Å². The smallest absolute Gasteiger partial charge is 0.264 e. The number of carbonyl (C=O) groups excluding carboxylic acids is 2. The molecule has 0 heterocycles. The van der Waals surface area contributed by atoms with Crippen molar-refractivity contribution in [3.05, 3.63) is 124 Å². The predicted octanol–water partition coefficient (Wildman–Crippen LogP) is 7.37. The number of anilines is 1. The largest absolute Gasteiger partial charge is 0.352 e. The molecule has 10 heteroatoms. The molecule has 1 fully saturated rings. The molecule has 1 saturated carbocycles. The summed E-state index contributed by atoms with van der Waals surface area (Å²) < 4.78 is 30.5. The van der Waals surface area contributed by atoms with Crippen molar-refractivity contribution < 1.29 is 18.0 Å². The molecule has 4 aromatic carbocycles. The number of amides is 2. The molecule has 1 aliphatic carbocycles. The molecular formula is C37H40BrN3O4S2. The van der Waals surface area contributed by atoms with E-state index in [9.17, 15) is 18.0 Å². The highest BCUT2D eigenvalue weighted by Gasteiger charge is 2.35. The Bertz CT molecular complexity index is 1760. The Morgan fingerprint density at radius 1 is 0.894 bits per heavy atom. The zero-order valence-electron chi connectivity index (χ0n) is 26.6. The fourth-order valence-electron chi connectivity index (χ4n) is 5.87. The van der Waals surface area contributed by atoms with Gasteiger partial charge in [0, 0.05) is 28.4 Å². The van der Waals surface area contributed by atoms with Crippen LogP contribution in [-0.4, -0.2) is 50.0 Å². The molecular weight excluding hydrogens is 694 g/mol. The maximum atomic E-state index is 14.7. The van der Waals surface area contributed by atoms with Gasteiger partial charge in [-0.15, -0.1) is 11.8 Å². The fourth-order valence-corrected chi connectivity index (χ4v) is 8.14. The van der Waals surface area contributed by atoms with Crippen molar-refractivity contribution in [3.63, 3.8) is 0 Å². The summed E-state index contributed by atoms with van der Waals surface area (Å²) >= 11 is 5.05. The summed E-state index contributed by atoms with van der Waals surface area (Å²) in [7, 11) is -4.16. The molecule has 1 aliphatic rings. The number of nitrogens with one attached hydrogen (secondary N) is 1. The number of nitrogens with zero attached hydrogens (tertiary/aromatic N) is 2. The van der Waals surface area contributed by atoms with Crippen molar-refractivity contribution in [3.8, 4) is 0 Å². The van der Waals surface area contributed by atoms with Crippen LogP contribution in [0.4, 0.5) is 5.69 Å². The molecule has 0 aromatic heterocycles. The first-order valence-electron chi connectivity index (χ1n) is 15.8. The van der Waals surface area contributed by atoms with E-state index in [1.807, 2.05) is 79.9 Å². The summed E-state index contributed by atoms with van der Waals surface area (Å²) in [5.41, 5.74) is 3.06. The van der Waals surface area contributed by atoms with E-state index in [4.69, 9.17) is 0 Å². The normalized spacial score (nSPS) is 14.0. The molecule has 0 spiro atoms. The van der Waals surface area contributed by atoms with Gasteiger partial charge >= 0.3 is 0 Å². The standard InChI is InChI=1S/C37H40BrN3O4S2/c1-27-15-17-32(18-16-27)41(47(44,45)34-21-19-33(46-2)20-22-34)26-36(42)40(25-29-11-8-12-30(38)23-29)35(24-28-9-4-3-5-10-28)37(43)39-31-13-6-7-14-31/h3-5,8-12,15-23,31,35H,6-7,13-14,24-26H2,1-2H3,(H,39,43)/t35-/m0/s1. The summed E-state index contributed by atoms with van der Waals surface area (Å²) in [5.74, 6) is -0.709. The Morgan fingerprint density at radius 2 is 1.55 bits per heavy atom. The Balaban J connectivity index is 1.56. The average molecular weight is 735 g/mol. The third-order valence-electron chi connectivity index (χ3n) is 8.46. The van der Waals surface area contributed by atoms with Crippen molar-refractivity contribution in [1.29, 1.82) is 0 Å². The van der Waals surface area contributed by atoms with Crippen molar-refractivity contribution in [2.75, 3.05) is 17.1 Å². The topological polar surface area (TPSA) is 86.8 Å². The number of hydrogen-bond donors (Lipinski definition) is 1. The van der Waals surface area contributed by atoms with E-state index in [2.05, 4.69) is 21.2 Å². The van der Waals surface area contributed by atoms with E-state index in [1.54, 1.807) is 41.3 Å². The lowest BCUT2D eigenvalue weighted by molar-refractivity contribution is -0.140. The number of hydrogen-bond acceptors (Lipinski definition) is 5. The summed E-state index contributed by atoms with van der Waals surface area (Å²) in [4.78, 5) is 31.4. The Kier molecular flexibility index (Phi) is 11.8. The SMILES string of the molecule is CSc1ccc(S(=O)(=O)N(CC(=O)N(Cc2cccc(Br)c2)[C@@H](Cc2ccccc2)C(=O)NC2CCCC2)c2ccc(C)cc2)cc1. The molecule has 5 rings (SSSR count). The van der Waals surface area contributed by atoms with Gasteiger partial charge in [0.1, 0.15) is 12.6 Å². The molecule has 246 valence electrons. The lowest BCUT2D eigenvalue weighted by Crippen LogP contribution is -2.54. The molecule has 0 radical (unpaired) electrons. The maximum absolute atomic E-state index is 14.7. The zero-order valence-corrected chi connectivity index (χ0v) is 29.9. The highest BCUT2D eigenvalue weighted by atomic mass is 79.9. The van der Waals surface area contributed by atoms with E-state index < -0.39 is 28.5 Å². The first-order valence-corrected chi connectivity index (χ1v) is 19.2. The lowest BCUT2D eigenvalue weighted by atomic mass is 10.0.